The Morgan fingerprint density at radius 3 is 2.93 bits per heavy atom. The summed E-state index contributed by atoms with van der Waals surface area (Å²) in [7, 11) is 0. The number of hydrogen-bond donors (Lipinski definition) is 1. The molecule has 4 heteroatoms. The fraction of sp³-hybridized carbons (Fsp3) is 0.300. The molecule has 1 aromatic rings. The maximum atomic E-state index is 10.8. The SMILES string of the molecule is CC1=Cc2sc(C(=O)O)c(Cl)c2CC1. The van der Waals surface area contributed by atoms with Crippen LogP contribution in [0.2, 0.25) is 5.02 Å². The van der Waals surface area contributed by atoms with Crippen LogP contribution in [-0.4, -0.2) is 11.1 Å². The molecular weight excluding hydrogens is 220 g/mol. The predicted octanol–water partition coefficient (Wildman–Crippen LogP) is 3.45. The van der Waals surface area contributed by atoms with E-state index < -0.39 is 5.97 Å². The van der Waals surface area contributed by atoms with Crippen molar-refractivity contribution in [2.24, 2.45) is 0 Å². The quantitative estimate of drug-likeness (QED) is 0.800. The highest BCUT2D eigenvalue weighted by Gasteiger charge is 2.21. The lowest BCUT2D eigenvalue weighted by Crippen LogP contribution is -1.95. The Labute approximate surface area is 90.8 Å². The van der Waals surface area contributed by atoms with Gasteiger partial charge >= 0.3 is 5.97 Å². The maximum Gasteiger partial charge on any atom is 0.347 e. The summed E-state index contributed by atoms with van der Waals surface area (Å²) in [6.45, 7) is 2.05. The van der Waals surface area contributed by atoms with Crippen molar-refractivity contribution >= 4 is 35.0 Å². The van der Waals surface area contributed by atoms with E-state index in [0.29, 0.717) is 5.02 Å². The lowest BCUT2D eigenvalue weighted by atomic mass is 9.99. The fourth-order valence-electron chi connectivity index (χ4n) is 1.57. The summed E-state index contributed by atoms with van der Waals surface area (Å²) in [6.07, 6.45) is 3.87. The van der Waals surface area contributed by atoms with Gasteiger partial charge in [0.25, 0.3) is 0 Å². The number of allylic oxidation sites excluding steroid dienone is 1. The third-order valence-electron chi connectivity index (χ3n) is 2.31. The zero-order valence-corrected chi connectivity index (χ0v) is 9.21. The second-order valence-electron chi connectivity index (χ2n) is 3.38. The number of halogens is 1. The van der Waals surface area contributed by atoms with Gasteiger partial charge in [-0.25, -0.2) is 4.79 Å². The predicted molar refractivity (Wildman–Crippen MR) is 58.3 cm³/mol. The summed E-state index contributed by atoms with van der Waals surface area (Å²) in [6, 6.07) is 0. The number of carboxylic acid groups (broad SMARTS) is 1. The molecular formula is C10H9ClO2S. The van der Waals surface area contributed by atoms with Crippen molar-refractivity contribution in [2.75, 3.05) is 0 Å². The first-order valence-corrected chi connectivity index (χ1v) is 5.50. The first-order valence-electron chi connectivity index (χ1n) is 4.31. The summed E-state index contributed by atoms with van der Waals surface area (Å²) in [5.41, 5.74) is 2.28. The van der Waals surface area contributed by atoms with Gasteiger partial charge in [-0.3, -0.25) is 0 Å². The van der Waals surface area contributed by atoms with Gasteiger partial charge in [0.2, 0.25) is 0 Å². The van der Waals surface area contributed by atoms with E-state index in [1.54, 1.807) is 0 Å². The van der Waals surface area contributed by atoms with E-state index in [1.807, 2.05) is 6.08 Å². The molecule has 0 radical (unpaired) electrons. The number of carboxylic acids is 1. The van der Waals surface area contributed by atoms with Crippen LogP contribution in [0.25, 0.3) is 6.08 Å². The van der Waals surface area contributed by atoms with E-state index in [2.05, 4.69) is 6.92 Å². The Morgan fingerprint density at radius 1 is 1.57 bits per heavy atom. The fourth-order valence-corrected chi connectivity index (χ4v) is 3.12. The van der Waals surface area contributed by atoms with E-state index in [-0.39, 0.29) is 4.88 Å². The van der Waals surface area contributed by atoms with Gasteiger partial charge in [-0.15, -0.1) is 11.3 Å². The molecule has 0 saturated carbocycles. The molecule has 1 heterocycles. The zero-order chi connectivity index (χ0) is 10.3. The van der Waals surface area contributed by atoms with Gasteiger partial charge in [-0.05, 0) is 31.4 Å². The van der Waals surface area contributed by atoms with Crippen molar-refractivity contribution in [2.45, 2.75) is 19.8 Å². The van der Waals surface area contributed by atoms with Crippen molar-refractivity contribution in [3.05, 3.63) is 25.9 Å². The minimum absolute atomic E-state index is 0.266. The molecule has 1 N–H and O–H groups in total. The molecule has 0 saturated heterocycles. The van der Waals surface area contributed by atoms with Crippen LogP contribution in [0.1, 0.15) is 33.5 Å². The van der Waals surface area contributed by atoms with E-state index in [0.717, 1.165) is 23.3 Å². The highest BCUT2D eigenvalue weighted by molar-refractivity contribution is 7.15. The van der Waals surface area contributed by atoms with Crippen LogP contribution in [0.15, 0.2) is 5.57 Å². The number of hydrogen-bond acceptors (Lipinski definition) is 2. The Kier molecular flexibility index (Phi) is 2.37. The second-order valence-corrected chi connectivity index (χ2v) is 4.81. The number of fused-ring (bicyclic) bond motifs is 1. The molecule has 0 amide bonds. The van der Waals surface area contributed by atoms with Crippen LogP contribution < -0.4 is 0 Å². The molecule has 0 fully saturated rings. The molecule has 0 unspecified atom stereocenters. The summed E-state index contributed by atoms with van der Waals surface area (Å²) >= 11 is 7.25. The lowest BCUT2D eigenvalue weighted by molar-refractivity contribution is 0.0702. The molecule has 2 nitrogen and oxygen atoms in total. The Morgan fingerprint density at radius 2 is 2.29 bits per heavy atom. The van der Waals surface area contributed by atoms with Gasteiger partial charge < -0.3 is 5.11 Å². The lowest BCUT2D eigenvalue weighted by Gasteiger charge is -2.08. The largest absolute Gasteiger partial charge is 0.477 e. The second kappa shape index (κ2) is 3.41. The standard InChI is InChI=1S/C10H9ClO2S/c1-5-2-3-6-7(4-5)14-9(8(6)11)10(12)13/h4H,2-3H2,1H3,(H,12,13). The van der Waals surface area contributed by atoms with Gasteiger partial charge in [0.05, 0.1) is 5.02 Å². The van der Waals surface area contributed by atoms with Crippen molar-refractivity contribution in [1.29, 1.82) is 0 Å². The number of thiophene rings is 1. The third-order valence-corrected chi connectivity index (χ3v) is 4.01. The molecule has 1 aromatic heterocycles. The smallest absolute Gasteiger partial charge is 0.347 e. The van der Waals surface area contributed by atoms with Crippen LogP contribution in [0.5, 0.6) is 0 Å². The molecule has 0 atom stereocenters. The van der Waals surface area contributed by atoms with E-state index in [4.69, 9.17) is 16.7 Å². The van der Waals surface area contributed by atoms with Crippen molar-refractivity contribution in [3.63, 3.8) is 0 Å². The average molecular weight is 229 g/mol. The molecule has 1 aliphatic rings. The molecule has 0 bridgehead atoms. The number of carbonyl (C=O) groups is 1. The molecule has 0 spiro atoms. The van der Waals surface area contributed by atoms with Crippen LogP contribution >= 0.6 is 22.9 Å². The van der Waals surface area contributed by atoms with Gasteiger partial charge in [0.1, 0.15) is 4.88 Å². The van der Waals surface area contributed by atoms with Crippen molar-refractivity contribution in [1.82, 2.24) is 0 Å². The summed E-state index contributed by atoms with van der Waals surface area (Å²) < 4.78 is 0. The number of aromatic carboxylic acids is 1. The first kappa shape index (κ1) is 9.74. The zero-order valence-electron chi connectivity index (χ0n) is 7.63. The van der Waals surface area contributed by atoms with Gasteiger partial charge in [-0.1, -0.05) is 17.2 Å². The normalized spacial score (nSPS) is 14.9. The minimum Gasteiger partial charge on any atom is -0.477 e. The monoisotopic (exact) mass is 228 g/mol. The maximum absolute atomic E-state index is 10.8. The average Bonchev–Trinajstić information content (AvgIpc) is 2.43. The Bertz CT molecular complexity index is 432. The molecule has 0 aliphatic heterocycles. The summed E-state index contributed by atoms with van der Waals surface area (Å²) in [5.74, 6) is -0.930. The number of rotatable bonds is 1. The topological polar surface area (TPSA) is 37.3 Å². The third kappa shape index (κ3) is 1.47. The minimum atomic E-state index is -0.930. The molecule has 14 heavy (non-hydrogen) atoms. The highest BCUT2D eigenvalue weighted by atomic mass is 35.5. The highest BCUT2D eigenvalue weighted by Crippen LogP contribution is 2.38. The molecule has 2 rings (SSSR count). The van der Waals surface area contributed by atoms with Crippen molar-refractivity contribution < 1.29 is 9.90 Å². The Balaban J connectivity index is 2.57. The summed E-state index contributed by atoms with van der Waals surface area (Å²) in [4.78, 5) is 12.1. The molecule has 74 valence electrons. The first-order chi connectivity index (χ1) is 6.59. The van der Waals surface area contributed by atoms with Gasteiger partial charge in [0.15, 0.2) is 0 Å². The van der Waals surface area contributed by atoms with Crippen LogP contribution in [0, 0.1) is 0 Å². The van der Waals surface area contributed by atoms with Crippen LogP contribution in [-0.2, 0) is 6.42 Å². The van der Waals surface area contributed by atoms with E-state index >= 15 is 0 Å². The van der Waals surface area contributed by atoms with Gasteiger partial charge in [-0.2, -0.15) is 0 Å². The van der Waals surface area contributed by atoms with E-state index in [9.17, 15) is 4.79 Å². The molecule has 1 aliphatic carbocycles. The Hall–Kier alpha value is -0.800. The summed E-state index contributed by atoms with van der Waals surface area (Å²) in [5, 5.41) is 9.32. The van der Waals surface area contributed by atoms with E-state index in [1.165, 1.54) is 16.9 Å². The van der Waals surface area contributed by atoms with Crippen LogP contribution in [0.4, 0.5) is 0 Å². The van der Waals surface area contributed by atoms with Gasteiger partial charge in [0, 0.05) is 4.88 Å². The van der Waals surface area contributed by atoms with Crippen molar-refractivity contribution in [3.8, 4) is 0 Å². The molecule has 0 aromatic carbocycles. The van der Waals surface area contributed by atoms with Crippen LogP contribution in [0.3, 0.4) is 0 Å².